The first-order valence-corrected chi connectivity index (χ1v) is 21.6. The molecular formula is C31H51NO4SSi2. The molecule has 0 bridgehead atoms. The van der Waals surface area contributed by atoms with Crippen molar-refractivity contribution in [2.45, 2.75) is 127 Å². The topological polar surface area (TPSA) is 64.6 Å². The standard InChI is InChI=1S/C31H51NO4SSi2/c1-23-12-19-27(20-13-23)37(33,34)32-25-16-14-24(15-17-25)28-21-18-26(35-38(8,9)30(2,3)4)22-29(28)36-39(10,11)31(5,6)7/h12-13,18-22,24-25,32H,14-17H2,1-11H3. The van der Waals surface area contributed by atoms with Gasteiger partial charge in [-0.2, -0.15) is 0 Å². The van der Waals surface area contributed by atoms with Crippen molar-refractivity contribution in [3.63, 3.8) is 0 Å². The molecule has 2 aromatic rings. The summed E-state index contributed by atoms with van der Waals surface area (Å²) in [5.74, 6) is 2.16. The van der Waals surface area contributed by atoms with Gasteiger partial charge in [0.15, 0.2) is 0 Å². The zero-order chi connectivity index (χ0) is 29.4. The molecule has 1 N–H and O–H groups in total. The van der Waals surface area contributed by atoms with Crippen LogP contribution in [0, 0.1) is 6.92 Å². The van der Waals surface area contributed by atoms with E-state index >= 15 is 0 Å². The predicted molar refractivity (Wildman–Crippen MR) is 169 cm³/mol. The van der Waals surface area contributed by atoms with Crippen LogP contribution >= 0.6 is 0 Å². The van der Waals surface area contributed by atoms with Gasteiger partial charge in [0.25, 0.3) is 0 Å². The third-order valence-electron chi connectivity index (χ3n) is 9.16. The number of nitrogens with one attached hydrogen (secondary N) is 1. The van der Waals surface area contributed by atoms with E-state index < -0.39 is 26.7 Å². The molecular weight excluding hydrogens is 539 g/mol. The fraction of sp³-hybridized carbons (Fsp3) is 0.613. The van der Waals surface area contributed by atoms with Gasteiger partial charge >= 0.3 is 0 Å². The van der Waals surface area contributed by atoms with Crippen LogP contribution in [0.4, 0.5) is 0 Å². The summed E-state index contributed by atoms with van der Waals surface area (Å²) in [5, 5.41) is 0.183. The molecule has 0 radical (unpaired) electrons. The molecule has 0 heterocycles. The molecule has 1 aliphatic carbocycles. The first-order valence-electron chi connectivity index (χ1n) is 14.3. The Kier molecular flexibility index (Phi) is 9.28. The van der Waals surface area contributed by atoms with Crippen molar-refractivity contribution in [1.29, 1.82) is 0 Å². The van der Waals surface area contributed by atoms with Gasteiger partial charge in [-0.3, -0.25) is 0 Å². The molecule has 1 aliphatic rings. The molecule has 0 aliphatic heterocycles. The van der Waals surface area contributed by atoms with Crippen molar-refractivity contribution < 1.29 is 17.3 Å². The summed E-state index contributed by atoms with van der Waals surface area (Å²) >= 11 is 0. The molecule has 8 heteroatoms. The highest BCUT2D eigenvalue weighted by Gasteiger charge is 2.41. The molecule has 1 fully saturated rings. The number of hydrogen-bond acceptors (Lipinski definition) is 4. The summed E-state index contributed by atoms with van der Waals surface area (Å²) in [6, 6.07) is 13.4. The van der Waals surface area contributed by atoms with Crippen LogP contribution in [0.1, 0.15) is 84.3 Å². The minimum atomic E-state index is -3.52. The third kappa shape index (κ3) is 7.77. The van der Waals surface area contributed by atoms with E-state index in [2.05, 4.69) is 90.7 Å². The van der Waals surface area contributed by atoms with E-state index in [1.807, 2.05) is 19.1 Å². The van der Waals surface area contributed by atoms with Crippen molar-refractivity contribution in [3.05, 3.63) is 53.6 Å². The highest BCUT2D eigenvalue weighted by atomic mass is 32.2. The van der Waals surface area contributed by atoms with Gasteiger partial charge in [-0.25, -0.2) is 13.1 Å². The number of sulfonamides is 1. The Labute approximate surface area is 240 Å². The molecule has 1 saturated carbocycles. The van der Waals surface area contributed by atoms with E-state index in [1.165, 1.54) is 5.56 Å². The molecule has 3 rings (SSSR count). The monoisotopic (exact) mass is 589 g/mol. The summed E-state index contributed by atoms with van der Waals surface area (Å²) in [4.78, 5) is 0.331. The van der Waals surface area contributed by atoms with E-state index in [4.69, 9.17) is 8.85 Å². The second kappa shape index (κ2) is 11.3. The van der Waals surface area contributed by atoms with E-state index in [0.29, 0.717) is 10.8 Å². The first kappa shape index (κ1) is 31.9. The van der Waals surface area contributed by atoms with E-state index in [9.17, 15) is 8.42 Å². The largest absolute Gasteiger partial charge is 0.543 e. The van der Waals surface area contributed by atoms with Crippen molar-refractivity contribution in [2.75, 3.05) is 0 Å². The second-order valence-electron chi connectivity index (χ2n) is 14.4. The highest BCUT2D eigenvalue weighted by Crippen LogP contribution is 2.45. The Balaban J connectivity index is 1.82. The minimum absolute atomic E-state index is 0.0569. The third-order valence-corrected chi connectivity index (χ3v) is 19.4. The maximum absolute atomic E-state index is 13.0. The average Bonchev–Trinajstić information content (AvgIpc) is 2.78. The smallest absolute Gasteiger partial charge is 0.250 e. The summed E-state index contributed by atoms with van der Waals surface area (Å²) in [6.07, 6.45) is 3.43. The first-order chi connectivity index (χ1) is 17.7. The maximum atomic E-state index is 13.0. The molecule has 218 valence electrons. The number of rotatable bonds is 8. The van der Waals surface area contributed by atoms with Gasteiger partial charge in [-0.15, -0.1) is 0 Å². The fourth-order valence-corrected chi connectivity index (χ4v) is 7.77. The molecule has 0 saturated heterocycles. The van der Waals surface area contributed by atoms with Gasteiger partial charge in [0.05, 0.1) is 4.90 Å². The lowest BCUT2D eigenvalue weighted by atomic mass is 9.81. The minimum Gasteiger partial charge on any atom is -0.543 e. The molecule has 39 heavy (non-hydrogen) atoms. The number of aryl methyl sites for hydroxylation is 1. The number of hydrogen-bond donors (Lipinski definition) is 1. The van der Waals surface area contributed by atoms with Crippen molar-refractivity contribution >= 4 is 26.7 Å². The lowest BCUT2D eigenvalue weighted by Crippen LogP contribution is -2.44. The van der Waals surface area contributed by atoms with Crippen molar-refractivity contribution in [3.8, 4) is 11.5 Å². The maximum Gasteiger partial charge on any atom is 0.250 e. The molecule has 2 aromatic carbocycles. The normalized spacial score (nSPS) is 19.6. The van der Waals surface area contributed by atoms with Crippen molar-refractivity contribution in [1.82, 2.24) is 4.72 Å². The quantitative estimate of drug-likeness (QED) is 0.313. The summed E-state index contributed by atoms with van der Waals surface area (Å²) in [6.45, 7) is 24.6. The lowest BCUT2D eigenvalue weighted by Gasteiger charge is -2.39. The van der Waals surface area contributed by atoms with Crippen LogP contribution in [-0.2, 0) is 10.0 Å². The van der Waals surface area contributed by atoms with E-state index in [0.717, 1.165) is 42.7 Å². The molecule has 0 spiro atoms. The van der Waals surface area contributed by atoms with Crippen LogP contribution in [0.15, 0.2) is 47.4 Å². The summed E-state index contributed by atoms with van der Waals surface area (Å²) < 4.78 is 42.5. The van der Waals surface area contributed by atoms with Gasteiger partial charge in [-0.1, -0.05) is 65.3 Å². The SMILES string of the molecule is Cc1ccc(S(=O)(=O)NC2CCC(c3ccc(O[Si](C)(C)C(C)(C)C)cc3O[Si](C)(C)C(C)(C)C)CC2)cc1. The Bertz CT molecular complexity index is 1230. The van der Waals surface area contributed by atoms with Gasteiger partial charge in [-0.05, 0) is 98.6 Å². The van der Waals surface area contributed by atoms with Gasteiger partial charge in [0.2, 0.25) is 26.7 Å². The van der Waals surface area contributed by atoms with Gasteiger partial charge in [0, 0.05) is 12.1 Å². The van der Waals surface area contributed by atoms with Crippen LogP contribution in [-0.4, -0.2) is 31.1 Å². The van der Waals surface area contributed by atoms with Crippen LogP contribution in [0.25, 0.3) is 0 Å². The molecule has 5 nitrogen and oxygen atoms in total. The van der Waals surface area contributed by atoms with E-state index in [-0.39, 0.29) is 16.1 Å². The fourth-order valence-electron chi connectivity index (χ4n) is 4.41. The van der Waals surface area contributed by atoms with E-state index in [1.54, 1.807) is 12.1 Å². The molecule has 0 atom stereocenters. The van der Waals surface area contributed by atoms with Crippen LogP contribution in [0.3, 0.4) is 0 Å². The summed E-state index contributed by atoms with van der Waals surface area (Å²) in [7, 11) is -7.60. The highest BCUT2D eigenvalue weighted by molar-refractivity contribution is 7.89. The average molecular weight is 590 g/mol. The van der Waals surface area contributed by atoms with Crippen LogP contribution in [0.2, 0.25) is 36.3 Å². The Morgan fingerprint density at radius 3 is 1.79 bits per heavy atom. The van der Waals surface area contributed by atoms with Gasteiger partial charge < -0.3 is 8.85 Å². The van der Waals surface area contributed by atoms with Crippen LogP contribution in [0.5, 0.6) is 11.5 Å². The molecule has 0 unspecified atom stereocenters. The molecule has 0 amide bonds. The number of benzene rings is 2. The van der Waals surface area contributed by atoms with Crippen molar-refractivity contribution in [2.24, 2.45) is 0 Å². The zero-order valence-electron chi connectivity index (χ0n) is 26.1. The zero-order valence-corrected chi connectivity index (χ0v) is 28.9. The second-order valence-corrected chi connectivity index (χ2v) is 25.6. The predicted octanol–water partition coefficient (Wildman–Crippen LogP) is 8.77. The Hall–Kier alpha value is -1.62. The van der Waals surface area contributed by atoms with Gasteiger partial charge in [0.1, 0.15) is 11.5 Å². The Morgan fingerprint density at radius 2 is 1.28 bits per heavy atom. The lowest BCUT2D eigenvalue weighted by molar-refractivity contribution is 0.367. The Morgan fingerprint density at radius 1 is 0.769 bits per heavy atom. The summed E-state index contributed by atoms with van der Waals surface area (Å²) in [5.41, 5.74) is 2.27. The molecule has 0 aromatic heterocycles. The van der Waals surface area contributed by atoms with Crippen LogP contribution < -0.4 is 13.6 Å².